The molecule has 0 aromatic carbocycles. The quantitative estimate of drug-likeness (QED) is 0.286. The fourth-order valence-electron chi connectivity index (χ4n) is 0. The average Bonchev–Trinajstić information content (AvgIpc) is 1.63. The first-order valence-electron chi connectivity index (χ1n) is 1.68. The second-order valence-electron chi connectivity index (χ2n) is 0.825. The van der Waals surface area contributed by atoms with Crippen LogP contribution >= 0.6 is 0 Å². The van der Waals surface area contributed by atoms with Crippen molar-refractivity contribution < 1.29 is 125 Å². The maximum absolute atomic E-state index is 8.93. The number of carbonyl (C=O) groups is 2. The molecule has 12 heteroatoms. The topological polar surface area (TPSA) is 143 Å². The molecule has 7 nitrogen and oxygen atoms in total. The standard InChI is InChI=1S/C2H2O4.4Li.3O.Ti/c3-1(4)2(5)6;;;;;;;;/h(H,3,4)(H,5,6);;;;;;;;/q;4*+1;;2*-1;/p-2. The zero-order chi connectivity index (χ0) is 8.73. The summed E-state index contributed by atoms with van der Waals surface area (Å²) in [5, 5.41) is 17.9. The van der Waals surface area contributed by atoms with Gasteiger partial charge < -0.3 is 19.8 Å². The van der Waals surface area contributed by atoms with Crippen molar-refractivity contribution in [1.82, 2.24) is 0 Å². The zero-order valence-corrected chi connectivity index (χ0v) is 9.92. The van der Waals surface area contributed by atoms with E-state index in [1.54, 1.807) is 0 Å². The summed E-state index contributed by atoms with van der Waals surface area (Å²) >= 11 is -4.08. The number of carbonyl (C=O) groups excluding carboxylic acids is 2. The summed E-state index contributed by atoms with van der Waals surface area (Å²) in [6.45, 7) is 0. The van der Waals surface area contributed by atoms with Gasteiger partial charge in [0.15, 0.2) is 0 Å². The van der Waals surface area contributed by atoms with Crippen molar-refractivity contribution in [1.29, 1.82) is 0 Å². The van der Waals surface area contributed by atoms with Gasteiger partial charge >= 0.3 is 105 Å². The molecule has 0 atom stereocenters. The Kier molecular flexibility index (Phi) is 62.1. The van der Waals surface area contributed by atoms with Crippen molar-refractivity contribution >= 4 is 11.9 Å². The van der Waals surface area contributed by atoms with Crippen LogP contribution in [0.25, 0.3) is 0 Å². The second-order valence-corrected chi connectivity index (χ2v) is 1.61. The minimum absolute atomic E-state index is 0. The van der Waals surface area contributed by atoms with E-state index in [1.807, 2.05) is 0 Å². The van der Waals surface area contributed by atoms with Crippen LogP contribution < -0.4 is 93.0 Å². The molecular formula is C2Li4O7Ti. The molecule has 14 heavy (non-hydrogen) atoms. The first-order valence-corrected chi connectivity index (χ1v) is 3.59. The van der Waals surface area contributed by atoms with Gasteiger partial charge in [0.1, 0.15) is 0 Å². The summed E-state index contributed by atoms with van der Waals surface area (Å²) in [6.07, 6.45) is 0. The van der Waals surface area contributed by atoms with Crippen molar-refractivity contribution in [3.8, 4) is 0 Å². The van der Waals surface area contributed by atoms with Crippen molar-refractivity contribution in [3.63, 3.8) is 0 Å². The Morgan fingerprint density at radius 3 is 0.857 bits per heavy atom. The van der Waals surface area contributed by atoms with E-state index in [1.165, 1.54) is 0 Å². The monoisotopic (exact) mass is 212 g/mol. The van der Waals surface area contributed by atoms with Gasteiger partial charge in [0.25, 0.3) is 0 Å². The maximum atomic E-state index is 8.93. The van der Waals surface area contributed by atoms with E-state index < -0.39 is 30.6 Å². The van der Waals surface area contributed by atoms with Gasteiger partial charge in [-0.2, -0.15) is 0 Å². The molecule has 0 aromatic rings. The van der Waals surface area contributed by atoms with E-state index in [-0.39, 0.29) is 75.4 Å². The van der Waals surface area contributed by atoms with Crippen LogP contribution in [-0.2, 0) is 31.5 Å². The van der Waals surface area contributed by atoms with E-state index in [4.69, 9.17) is 30.5 Å². The first-order chi connectivity index (χ1) is 4.37. The summed E-state index contributed by atoms with van der Waals surface area (Å²) < 4.78 is 25.8. The van der Waals surface area contributed by atoms with Gasteiger partial charge in [0.05, 0.1) is 11.9 Å². The molecule has 0 fully saturated rings. The molecule has 0 N–H and O–H groups in total. The fourth-order valence-corrected chi connectivity index (χ4v) is 0. The summed E-state index contributed by atoms with van der Waals surface area (Å²) in [5.74, 6) is -4.37. The van der Waals surface area contributed by atoms with E-state index in [0.29, 0.717) is 0 Å². The van der Waals surface area contributed by atoms with Crippen molar-refractivity contribution in [2.75, 3.05) is 0 Å². The second kappa shape index (κ2) is 24.1. The predicted octanol–water partition coefficient (Wildman–Crippen LogP) is -18.0. The van der Waals surface area contributed by atoms with Crippen LogP contribution in [0.4, 0.5) is 0 Å². The Labute approximate surface area is 135 Å². The molecule has 0 amide bonds. The molecule has 0 saturated heterocycles. The molecular weight excluding hydrogens is 212 g/mol. The third-order valence-corrected chi connectivity index (χ3v) is 0.167. The number of aliphatic carboxylic acids is 2. The Hall–Kier alpha value is 1.76. The van der Waals surface area contributed by atoms with Gasteiger partial charge in [-0.05, 0) is 0 Å². The van der Waals surface area contributed by atoms with Crippen molar-refractivity contribution in [2.45, 2.75) is 0 Å². The Morgan fingerprint density at radius 1 is 0.786 bits per heavy atom. The summed E-state index contributed by atoms with van der Waals surface area (Å²) in [5.41, 5.74) is 0. The molecule has 0 aliphatic heterocycles. The molecule has 0 saturated carbocycles. The molecule has 0 rings (SSSR count). The molecule has 0 aromatic heterocycles. The normalized spacial score (nSPS) is 5.00. The van der Waals surface area contributed by atoms with Gasteiger partial charge in [-0.1, -0.05) is 0 Å². The first kappa shape index (κ1) is 36.0. The molecule has 0 spiro atoms. The number of carboxylic acid groups (broad SMARTS) is 2. The number of hydrogen-bond donors (Lipinski definition) is 0. The van der Waals surface area contributed by atoms with Crippen LogP contribution in [-0.4, -0.2) is 11.9 Å². The van der Waals surface area contributed by atoms with E-state index >= 15 is 0 Å². The fraction of sp³-hybridized carbons (Fsp3) is 0. The van der Waals surface area contributed by atoms with Gasteiger partial charge in [-0.15, -0.1) is 0 Å². The van der Waals surface area contributed by atoms with Crippen LogP contribution in [0.2, 0.25) is 0 Å². The average molecular weight is 212 g/mol. The van der Waals surface area contributed by atoms with Crippen LogP contribution in [0, 0.1) is 0 Å². The van der Waals surface area contributed by atoms with E-state index in [0.717, 1.165) is 0 Å². The zero-order valence-electron chi connectivity index (χ0n) is 8.36. The van der Waals surface area contributed by atoms with Gasteiger partial charge in [-0.3, -0.25) is 0 Å². The van der Waals surface area contributed by atoms with Crippen LogP contribution in [0.5, 0.6) is 0 Å². The number of rotatable bonds is 0. The summed E-state index contributed by atoms with van der Waals surface area (Å²) in [6, 6.07) is 0. The van der Waals surface area contributed by atoms with E-state index in [9.17, 15) is 0 Å². The van der Waals surface area contributed by atoms with Crippen molar-refractivity contribution in [2.24, 2.45) is 0 Å². The predicted molar refractivity (Wildman–Crippen MR) is 10.7 cm³/mol. The molecule has 0 heterocycles. The molecule has 0 radical (unpaired) electrons. The third kappa shape index (κ3) is 67.5. The van der Waals surface area contributed by atoms with Crippen molar-refractivity contribution in [3.05, 3.63) is 0 Å². The number of carboxylic acids is 2. The van der Waals surface area contributed by atoms with Gasteiger partial charge in [0.2, 0.25) is 0 Å². The Bertz CT molecular complexity index is 146. The minimum atomic E-state index is -4.08. The molecule has 58 valence electrons. The Morgan fingerprint density at radius 2 is 0.857 bits per heavy atom. The molecule has 0 aliphatic carbocycles. The Balaban J connectivity index is -0.0000000185. The summed E-state index contributed by atoms with van der Waals surface area (Å²) in [4.78, 5) is 17.9. The summed E-state index contributed by atoms with van der Waals surface area (Å²) in [7, 11) is 0. The van der Waals surface area contributed by atoms with Gasteiger partial charge in [-0.25, -0.2) is 0 Å². The van der Waals surface area contributed by atoms with Crippen LogP contribution in [0.3, 0.4) is 0 Å². The van der Waals surface area contributed by atoms with Crippen LogP contribution in [0.15, 0.2) is 0 Å². The molecule has 0 unspecified atom stereocenters. The SMILES string of the molecule is O=C([O-])C(=O)[O-].[Li+].[Li+].[Li+].[Li+].[O]=[Ti]([O-])[O-]. The number of hydrogen-bond acceptors (Lipinski definition) is 7. The third-order valence-electron chi connectivity index (χ3n) is 0.167. The van der Waals surface area contributed by atoms with E-state index in [2.05, 4.69) is 0 Å². The van der Waals surface area contributed by atoms with Crippen LogP contribution in [0.1, 0.15) is 0 Å². The molecule has 0 aliphatic rings. The molecule has 0 bridgehead atoms. The van der Waals surface area contributed by atoms with Gasteiger partial charge in [0, 0.05) is 0 Å².